The van der Waals surface area contributed by atoms with Crippen molar-refractivity contribution in [3.8, 4) is 0 Å². The molecule has 0 aliphatic carbocycles. The van der Waals surface area contributed by atoms with Crippen LogP contribution < -0.4 is 5.32 Å². The molecule has 1 heterocycles. The topological polar surface area (TPSA) is 35.6 Å². The van der Waals surface area contributed by atoms with Crippen LogP contribution in [0.25, 0.3) is 0 Å². The minimum Gasteiger partial charge on any atom is -0.348 e. The number of rotatable bonds is 6. The zero-order valence-electron chi connectivity index (χ0n) is 15.5. The average molecular weight is 373 g/mol. The van der Waals surface area contributed by atoms with Gasteiger partial charge in [0.15, 0.2) is 11.6 Å². The van der Waals surface area contributed by atoms with Crippen molar-refractivity contribution >= 4 is 5.91 Å². The molecule has 0 aromatic heterocycles. The smallest absolute Gasteiger partial charge is 0.234 e. The molecule has 27 heavy (non-hydrogen) atoms. The first kappa shape index (κ1) is 19.5. The van der Waals surface area contributed by atoms with Gasteiger partial charge in [-0.2, -0.15) is 0 Å². The lowest BCUT2D eigenvalue weighted by atomic mass is 10.1. The van der Waals surface area contributed by atoms with Crippen LogP contribution in [0.2, 0.25) is 0 Å². The van der Waals surface area contributed by atoms with Crippen LogP contribution in [-0.4, -0.2) is 48.4 Å². The van der Waals surface area contributed by atoms with Gasteiger partial charge < -0.3 is 5.32 Å². The maximum Gasteiger partial charge on any atom is 0.234 e. The van der Waals surface area contributed by atoms with Crippen LogP contribution in [0.5, 0.6) is 0 Å². The molecular weight excluding hydrogens is 348 g/mol. The summed E-state index contributed by atoms with van der Waals surface area (Å²) in [7, 11) is 0. The molecule has 3 rings (SSSR count). The highest BCUT2D eigenvalue weighted by Gasteiger charge is 2.20. The predicted molar refractivity (Wildman–Crippen MR) is 101 cm³/mol. The molecular formula is C21H25F2N3O. The number of carbonyl (C=O) groups is 1. The van der Waals surface area contributed by atoms with Gasteiger partial charge in [-0.25, -0.2) is 8.78 Å². The summed E-state index contributed by atoms with van der Waals surface area (Å²) in [6, 6.07) is 13.7. The largest absolute Gasteiger partial charge is 0.348 e. The van der Waals surface area contributed by atoms with E-state index in [1.165, 1.54) is 11.6 Å². The fourth-order valence-corrected chi connectivity index (χ4v) is 3.30. The summed E-state index contributed by atoms with van der Waals surface area (Å²) in [6.07, 6.45) is 0. The van der Waals surface area contributed by atoms with Crippen molar-refractivity contribution in [1.29, 1.82) is 0 Å². The highest BCUT2D eigenvalue weighted by Crippen LogP contribution is 2.16. The molecule has 0 radical (unpaired) electrons. The average Bonchev–Trinajstić information content (AvgIpc) is 2.66. The number of hydrogen-bond donors (Lipinski definition) is 1. The Morgan fingerprint density at radius 1 is 1.00 bits per heavy atom. The zero-order valence-corrected chi connectivity index (χ0v) is 15.5. The van der Waals surface area contributed by atoms with Gasteiger partial charge in [-0.15, -0.1) is 0 Å². The van der Waals surface area contributed by atoms with Gasteiger partial charge in [-0.05, 0) is 30.2 Å². The van der Waals surface area contributed by atoms with E-state index in [1.54, 1.807) is 6.92 Å². The van der Waals surface area contributed by atoms with Crippen molar-refractivity contribution in [3.63, 3.8) is 0 Å². The van der Waals surface area contributed by atoms with Crippen LogP contribution in [0, 0.1) is 11.6 Å². The summed E-state index contributed by atoms with van der Waals surface area (Å²) >= 11 is 0. The van der Waals surface area contributed by atoms with Gasteiger partial charge in [0.1, 0.15) is 0 Å². The molecule has 4 nitrogen and oxygen atoms in total. The first-order valence-electron chi connectivity index (χ1n) is 9.24. The Labute approximate surface area is 158 Å². The Morgan fingerprint density at radius 3 is 2.33 bits per heavy atom. The molecule has 0 spiro atoms. The zero-order chi connectivity index (χ0) is 19.2. The van der Waals surface area contributed by atoms with E-state index in [0.717, 1.165) is 44.9 Å². The second-order valence-corrected chi connectivity index (χ2v) is 7.00. The number of nitrogens with zero attached hydrogens (tertiary/aromatic N) is 2. The third-order valence-electron chi connectivity index (χ3n) is 4.90. The van der Waals surface area contributed by atoms with E-state index in [9.17, 15) is 13.6 Å². The van der Waals surface area contributed by atoms with Gasteiger partial charge in [-0.1, -0.05) is 36.4 Å². The van der Waals surface area contributed by atoms with Crippen molar-refractivity contribution in [2.75, 3.05) is 32.7 Å². The first-order valence-corrected chi connectivity index (χ1v) is 9.24. The number of hydrogen-bond acceptors (Lipinski definition) is 3. The van der Waals surface area contributed by atoms with E-state index < -0.39 is 11.6 Å². The van der Waals surface area contributed by atoms with Crippen molar-refractivity contribution < 1.29 is 13.6 Å². The van der Waals surface area contributed by atoms with Gasteiger partial charge in [0, 0.05) is 32.7 Å². The summed E-state index contributed by atoms with van der Waals surface area (Å²) in [6.45, 7) is 6.50. The van der Waals surface area contributed by atoms with E-state index in [1.807, 2.05) is 18.2 Å². The highest BCUT2D eigenvalue weighted by atomic mass is 19.2. The van der Waals surface area contributed by atoms with E-state index in [0.29, 0.717) is 12.1 Å². The lowest BCUT2D eigenvalue weighted by Crippen LogP contribution is -2.49. The van der Waals surface area contributed by atoms with Crippen molar-refractivity contribution in [2.24, 2.45) is 0 Å². The standard InChI is InChI=1S/C21H25F2N3O/c1-16(18-7-8-19(22)20(23)13-18)24-21(27)15-26-11-9-25(10-12-26)14-17-5-3-2-4-6-17/h2-8,13,16H,9-12,14-15H2,1H3,(H,24,27)/t16-/m1/s1. The highest BCUT2D eigenvalue weighted by molar-refractivity contribution is 5.78. The van der Waals surface area contributed by atoms with Gasteiger partial charge in [0.2, 0.25) is 5.91 Å². The van der Waals surface area contributed by atoms with E-state index >= 15 is 0 Å². The monoisotopic (exact) mass is 373 g/mol. The molecule has 1 saturated heterocycles. The summed E-state index contributed by atoms with van der Waals surface area (Å²) in [5, 5.41) is 2.86. The molecule has 1 fully saturated rings. The summed E-state index contributed by atoms with van der Waals surface area (Å²) in [5.41, 5.74) is 1.85. The van der Waals surface area contributed by atoms with Crippen molar-refractivity contribution in [1.82, 2.24) is 15.1 Å². The molecule has 0 saturated carbocycles. The molecule has 144 valence electrons. The first-order chi connectivity index (χ1) is 13.0. The summed E-state index contributed by atoms with van der Waals surface area (Å²) in [4.78, 5) is 16.8. The lowest BCUT2D eigenvalue weighted by molar-refractivity contribution is -0.123. The van der Waals surface area contributed by atoms with Crippen LogP contribution in [-0.2, 0) is 11.3 Å². The molecule has 6 heteroatoms. The second kappa shape index (κ2) is 9.06. The molecule has 1 aliphatic rings. The van der Waals surface area contributed by atoms with E-state index in [4.69, 9.17) is 0 Å². The Hall–Kier alpha value is -2.31. The molecule has 0 bridgehead atoms. The molecule has 1 aliphatic heterocycles. The third-order valence-corrected chi connectivity index (χ3v) is 4.90. The Kier molecular flexibility index (Phi) is 6.53. The minimum atomic E-state index is -0.900. The van der Waals surface area contributed by atoms with Gasteiger partial charge >= 0.3 is 0 Å². The number of piperazine rings is 1. The number of amides is 1. The number of halogens is 2. The molecule has 1 N–H and O–H groups in total. The maximum atomic E-state index is 13.3. The summed E-state index contributed by atoms with van der Waals surface area (Å²) in [5.74, 6) is -1.89. The fourth-order valence-electron chi connectivity index (χ4n) is 3.30. The fraction of sp³-hybridized carbons (Fsp3) is 0.381. The number of benzene rings is 2. The summed E-state index contributed by atoms with van der Waals surface area (Å²) < 4.78 is 26.4. The Morgan fingerprint density at radius 2 is 1.67 bits per heavy atom. The molecule has 1 amide bonds. The van der Waals surface area contributed by atoms with E-state index in [-0.39, 0.29) is 11.9 Å². The minimum absolute atomic E-state index is 0.108. The lowest BCUT2D eigenvalue weighted by Gasteiger charge is -2.34. The Bertz CT molecular complexity index is 761. The van der Waals surface area contributed by atoms with Crippen LogP contribution in [0.15, 0.2) is 48.5 Å². The maximum absolute atomic E-state index is 13.3. The van der Waals surface area contributed by atoms with Crippen LogP contribution >= 0.6 is 0 Å². The molecule has 2 aromatic carbocycles. The molecule has 1 atom stereocenters. The van der Waals surface area contributed by atoms with Crippen LogP contribution in [0.3, 0.4) is 0 Å². The molecule has 0 unspecified atom stereocenters. The number of carbonyl (C=O) groups excluding carboxylic acids is 1. The second-order valence-electron chi connectivity index (χ2n) is 7.00. The quantitative estimate of drug-likeness (QED) is 0.846. The predicted octanol–water partition coefficient (Wildman–Crippen LogP) is 2.96. The molecule has 2 aromatic rings. The SMILES string of the molecule is C[C@@H](NC(=O)CN1CCN(Cc2ccccc2)CC1)c1ccc(F)c(F)c1. The van der Waals surface area contributed by atoms with Gasteiger partial charge in [0.05, 0.1) is 12.6 Å². The normalized spacial score (nSPS) is 16.9. The Balaban J connectivity index is 1.43. The number of nitrogens with one attached hydrogen (secondary N) is 1. The van der Waals surface area contributed by atoms with E-state index in [2.05, 4.69) is 27.2 Å². The third kappa shape index (κ3) is 5.58. The van der Waals surface area contributed by atoms with Crippen molar-refractivity contribution in [3.05, 3.63) is 71.3 Å². The van der Waals surface area contributed by atoms with Gasteiger partial charge in [-0.3, -0.25) is 14.6 Å². The van der Waals surface area contributed by atoms with Gasteiger partial charge in [0.25, 0.3) is 0 Å². The van der Waals surface area contributed by atoms with Crippen molar-refractivity contribution in [2.45, 2.75) is 19.5 Å². The van der Waals surface area contributed by atoms with Crippen LogP contribution in [0.1, 0.15) is 24.1 Å². The van der Waals surface area contributed by atoms with Crippen LogP contribution in [0.4, 0.5) is 8.78 Å².